The van der Waals surface area contributed by atoms with E-state index in [9.17, 15) is 4.79 Å². The van der Waals surface area contributed by atoms with E-state index in [0.29, 0.717) is 5.92 Å². The summed E-state index contributed by atoms with van der Waals surface area (Å²) in [6.45, 7) is 2.20. The Balaban J connectivity index is 2.60. The standard InChI is InChI=1S/C10H20N2O/c1-7-4-5-9(11)8(6-7)10(13)12(2)3/h7-9H,4-6,11H2,1-3H3. The van der Waals surface area contributed by atoms with Gasteiger partial charge in [-0.25, -0.2) is 0 Å². The summed E-state index contributed by atoms with van der Waals surface area (Å²) in [6.07, 6.45) is 3.11. The van der Waals surface area contributed by atoms with Gasteiger partial charge in [-0.3, -0.25) is 4.79 Å². The van der Waals surface area contributed by atoms with Crippen LogP contribution >= 0.6 is 0 Å². The topological polar surface area (TPSA) is 46.3 Å². The van der Waals surface area contributed by atoms with Crippen LogP contribution in [0, 0.1) is 11.8 Å². The lowest BCUT2D eigenvalue weighted by molar-refractivity contribution is -0.135. The number of nitrogens with zero attached hydrogens (tertiary/aromatic N) is 1. The zero-order valence-electron chi connectivity index (χ0n) is 8.79. The highest BCUT2D eigenvalue weighted by Crippen LogP contribution is 2.28. The molecule has 0 radical (unpaired) electrons. The molecule has 1 amide bonds. The molecule has 1 aliphatic rings. The molecular formula is C10H20N2O. The summed E-state index contributed by atoms with van der Waals surface area (Å²) in [4.78, 5) is 13.4. The highest BCUT2D eigenvalue weighted by Gasteiger charge is 2.32. The maximum Gasteiger partial charge on any atom is 0.226 e. The van der Waals surface area contributed by atoms with Gasteiger partial charge in [0.15, 0.2) is 0 Å². The Labute approximate surface area is 80.3 Å². The van der Waals surface area contributed by atoms with Crippen LogP contribution < -0.4 is 5.73 Å². The third-order valence-electron chi connectivity index (χ3n) is 2.92. The van der Waals surface area contributed by atoms with E-state index < -0.39 is 0 Å². The molecule has 0 aliphatic heterocycles. The summed E-state index contributed by atoms with van der Waals surface area (Å²) in [5.41, 5.74) is 5.93. The lowest BCUT2D eigenvalue weighted by atomic mass is 9.78. The van der Waals surface area contributed by atoms with Crippen molar-refractivity contribution in [3.05, 3.63) is 0 Å². The van der Waals surface area contributed by atoms with Gasteiger partial charge in [0.25, 0.3) is 0 Å². The summed E-state index contributed by atoms with van der Waals surface area (Å²) in [5, 5.41) is 0. The molecule has 3 unspecified atom stereocenters. The van der Waals surface area contributed by atoms with Crippen LogP contribution in [0.2, 0.25) is 0 Å². The first-order chi connectivity index (χ1) is 6.02. The minimum absolute atomic E-state index is 0.0544. The van der Waals surface area contributed by atoms with Crippen molar-refractivity contribution in [3.8, 4) is 0 Å². The third-order valence-corrected chi connectivity index (χ3v) is 2.92. The van der Waals surface area contributed by atoms with Crippen molar-refractivity contribution in [2.45, 2.75) is 32.2 Å². The molecule has 3 atom stereocenters. The molecule has 0 aromatic heterocycles. The number of amides is 1. The molecule has 3 heteroatoms. The Bertz CT molecular complexity index is 191. The van der Waals surface area contributed by atoms with Crippen molar-refractivity contribution >= 4 is 5.91 Å². The first-order valence-corrected chi connectivity index (χ1v) is 4.99. The Morgan fingerprint density at radius 3 is 2.54 bits per heavy atom. The lowest BCUT2D eigenvalue weighted by Crippen LogP contribution is -2.44. The van der Waals surface area contributed by atoms with Gasteiger partial charge in [0.1, 0.15) is 0 Å². The summed E-state index contributed by atoms with van der Waals surface area (Å²) in [7, 11) is 3.60. The van der Waals surface area contributed by atoms with E-state index in [1.807, 2.05) is 0 Å². The Hall–Kier alpha value is -0.570. The summed E-state index contributed by atoms with van der Waals surface area (Å²) < 4.78 is 0. The van der Waals surface area contributed by atoms with Crippen molar-refractivity contribution in [1.29, 1.82) is 0 Å². The van der Waals surface area contributed by atoms with Crippen LogP contribution in [-0.4, -0.2) is 30.9 Å². The Kier molecular flexibility index (Phi) is 3.31. The van der Waals surface area contributed by atoms with Gasteiger partial charge in [0, 0.05) is 20.1 Å². The maximum absolute atomic E-state index is 11.7. The second-order valence-corrected chi connectivity index (χ2v) is 4.42. The number of hydrogen-bond acceptors (Lipinski definition) is 2. The predicted octanol–water partition coefficient (Wildman–Crippen LogP) is 0.838. The minimum Gasteiger partial charge on any atom is -0.349 e. The van der Waals surface area contributed by atoms with Gasteiger partial charge in [-0.2, -0.15) is 0 Å². The quantitative estimate of drug-likeness (QED) is 0.656. The van der Waals surface area contributed by atoms with E-state index in [1.165, 1.54) is 6.42 Å². The average molecular weight is 184 g/mol. The van der Waals surface area contributed by atoms with E-state index in [1.54, 1.807) is 19.0 Å². The van der Waals surface area contributed by atoms with Crippen LogP contribution in [-0.2, 0) is 4.79 Å². The number of hydrogen-bond donors (Lipinski definition) is 1. The van der Waals surface area contributed by atoms with Crippen LogP contribution in [0.1, 0.15) is 26.2 Å². The highest BCUT2D eigenvalue weighted by atomic mass is 16.2. The monoisotopic (exact) mass is 184 g/mol. The Morgan fingerprint density at radius 1 is 1.38 bits per heavy atom. The predicted molar refractivity (Wildman–Crippen MR) is 53.2 cm³/mol. The molecule has 0 saturated heterocycles. The lowest BCUT2D eigenvalue weighted by Gasteiger charge is -2.33. The van der Waals surface area contributed by atoms with E-state index in [2.05, 4.69) is 6.92 Å². The number of carbonyl (C=O) groups is 1. The SMILES string of the molecule is CC1CCC(N)C(C(=O)N(C)C)C1. The van der Waals surface area contributed by atoms with Gasteiger partial charge in [0.2, 0.25) is 5.91 Å². The summed E-state index contributed by atoms with van der Waals surface area (Å²) in [5.74, 6) is 0.895. The molecule has 1 aliphatic carbocycles. The van der Waals surface area contributed by atoms with Gasteiger partial charge >= 0.3 is 0 Å². The first kappa shape index (κ1) is 10.5. The molecule has 1 fully saturated rings. The van der Waals surface area contributed by atoms with Crippen molar-refractivity contribution in [2.75, 3.05) is 14.1 Å². The molecule has 2 N–H and O–H groups in total. The zero-order chi connectivity index (χ0) is 10.0. The molecule has 76 valence electrons. The molecule has 0 heterocycles. The van der Waals surface area contributed by atoms with E-state index in [4.69, 9.17) is 5.73 Å². The molecule has 0 bridgehead atoms. The fraction of sp³-hybridized carbons (Fsp3) is 0.900. The summed E-state index contributed by atoms with van der Waals surface area (Å²) >= 11 is 0. The van der Waals surface area contributed by atoms with Crippen LogP contribution in [0.15, 0.2) is 0 Å². The van der Waals surface area contributed by atoms with Crippen LogP contribution in [0.25, 0.3) is 0 Å². The molecule has 3 nitrogen and oxygen atoms in total. The second-order valence-electron chi connectivity index (χ2n) is 4.42. The third kappa shape index (κ3) is 2.44. The average Bonchev–Trinajstić information content (AvgIpc) is 2.08. The molecule has 0 aromatic rings. The normalized spacial score (nSPS) is 34.3. The van der Waals surface area contributed by atoms with Crippen LogP contribution in [0.5, 0.6) is 0 Å². The first-order valence-electron chi connectivity index (χ1n) is 4.99. The van der Waals surface area contributed by atoms with E-state index >= 15 is 0 Å². The number of carbonyl (C=O) groups excluding carboxylic acids is 1. The highest BCUT2D eigenvalue weighted by molar-refractivity contribution is 5.79. The molecule has 13 heavy (non-hydrogen) atoms. The van der Waals surface area contributed by atoms with Crippen molar-refractivity contribution < 1.29 is 4.79 Å². The zero-order valence-corrected chi connectivity index (χ0v) is 8.79. The van der Waals surface area contributed by atoms with Gasteiger partial charge in [0.05, 0.1) is 5.92 Å². The molecule has 0 spiro atoms. The van der Waals surface area contributed by atoms with Crippen LogP contribution in [0.4, 0.5) is 0 Å². The van der Waals surface area contributed by atoms with Gasteiger partial charge in [-0.15, -0.1) is 0 Å². The number of rotatable bonds is 1. The molecule has 0 aromatic carbocycles. The maximum atomic E-state index is 11.7. The minimum atomic E-state index is 0.0544. The smallest absolute Gasteiger partial charge is 0.226 e. The fourth-order valence-corrected chi connectivity index (χ4v) is 2.02. The number of nitrogens with two attached hydrogens (primary N) is 1. The van der Waals surface area contributed by atoms with Gasteiger partial charge < -0.3 is 10.6 Å². The van der Waals surface area contributed by atoms with E-state index in [0.717, 1.165) is 12.8 Å². The molecular weight excluding hydrogens is 164 g/mol. The van der Waals surface area contributed by atoms with Crippen molar-refractivity contribution in [2.24, 2.45) is 17.6 Å². The van der Waals surface area contributed by atoms with Crippen LogP contribution in [0.3, 0.4) is 0 Å². The van der Waals surface area contributed by atoms with Crippen molar-refractivity contribution in [3.63, 3.8) is 0 Å². The largest absolute Gasteiger partial charge is 0.349 e. The Morgan fingerprint density at radius 2 is 2.00 bits per heavy atom. The van der Waals surface area contributed by atoms with E-state index in [-0.39, 0.29) is 17.9 Å². The second kappa shape index (κ2) is 4.09. The van der Waals surface area contributed by atoms with Gasteiger partial charge in [-0.05, 0) is 25.2 Å². The molecule has 1 saturated carbocycles. The summed E-state index contributed by atoms with van der Waals surface area (Å²) in [6, 6.07) is 0.0751. The van der Waals surface area contributed by atoms with Gasteiger partial charge in [-0.1, -0.05) is 6.92 Å². The van der Waals surface area contributed by atoms with Crippen molar-refractivity contribution in [1.82, 2.24) is 4.90 Å². The fourth-order valence-electron chi connectivity index (χ4n) is 2.02. The molecule has 1 rings (SSSR count).